The summed E-state index contributed by atoms with van der Waals surface area (Å²) in [7, 11) is 1.75. The second-order valence-corrected chi connectivity index (χ2v) is 8.20. The maximum Gasteiger partial charge on any atom is 0.267 e. The minimum atomic E-state index is -0.589. The van der Waals surface area contributed by atoms with Crippen molar-refractivity contribution >= 4 is 23.5 Å². The van der Waals surface area contributed by atoms with Crippen LogP contribution in [0.15, 0.2) is 53.7 Å². The quantitative estimate of drug-likeness (QED) is 0.467. The van der Waals surface area contributed by atoms with Gasteiger partial charge in [-0.2, -0.15) is 10.5 Å². The normalized spacial score (nSPS) is 10.3. The van der Waals surface area contributed by atoms with Gasteiger partial charge in [0.15, 0.2) is 0 Å². The number of carbonyl (C=O) groups excluding carboxylic acids is 1. The molecule has 1 amide bonds. The van der Waals surface area contributed by atoms with Gasteiger partial charge in [0.25, 0.3) is 5.91 Å². The monoisotopic (exact) mass is 458 g/mol. The SMILES string of the molecule is CN(CCO)c1nc(SCCc2ccnc(C(N)=O)c2)c(C#N)c(-c2ccccc2)c1C#N. The number of primary amides is 1. The number of pyridine rings is 2. The molecular weight excluding hydrogens is 436 g/mol. The van der Waals surface area contributed by atoms with Crippen LogP contribution in [0.5, 0.6) is 0 Å². The van der Waals surface area contributed by atoms with Crippen LogP contribution >= 0.6 is 11.8 Å². The zero-order chi connectivity index (χ0) is 23.8. The van der Waals surface area contributed by atoms with Crippen molar-refractivity contribution in [2.75, 3.05) is 30.9 Å². The van der Waals surface area contributed by atoms with Crippen molar-refractivity contribution in [3.63, 3.8) is 0 Å². The fourth-order valence-corrected chi connectivity index (χ4v) is 4.30. The van der Waals surface area contributed by atoms with Crippen molar-refractivity contribution in [1.29, 1.82) is 10.5 Å². The topological polar surface area (TPSA) is 140 Å². The molecule has 3 rings (SSSR count). The Hall–Kier alpha value is -3.92. The molecule has 0 atom stereocenters. The molecule has 0 saturated carbocycles. The molecular formula is C24H22N6O2S. The highest BCUT2D eigenvalue weighted by molar-refractivity contribution is 7.99. The zero-order valence-electron chi connectivity index (χ0n) is 18.0. The number of carbonyl (C=O) groups is 1. The van der Waals surface area contributed by atoms with Gasteiger partial charge in [0.05, 0.1) is 12.2 Å². The third-order valence-corrected chi connectivity index (χ3v) is 5.91. The number of aliphatic hydroxyl groups is 1. The first-order valence-electron chi connectivity index (χ1n) is 10.1. The van der Waals surface area contributed by atoms with Crippen LogP contribution in [-0.4, -0.2) is 46.9 Å². The van der Waals surface area contributed by atoms with Crippen molar-refractivity contribution in [1.82, 2.24) is 9.97 Å². The van der Waals surface area contributed by atoms with E-state index < -0.39 is 5.91 Å². The molecule has 2 heterocycles. The number of benzene rings is 1. The largest absolute Gasteiger partial charge is 0.395 e. The fraction of sp³-hybridized carbons (Fsp3) is 0.208. The van der Waals surface area contributed by atoms with Crippen molar-refractivity contribution in [2.45, 2.75) is 11.4 Å². The van der Waals surface area contributed by atoms with Crippen molar-refractivity contribution in [3.05, 3.63) is 71.0 Å². The number of aryl methyl sites for hydroxylation is 1. The average molecular weight is 459 g/mol. The van der Waals surface area contributed by atoms with Crippen LogP contribution in [0.2, 0.25) is 0 Å². The molecule has 0 aliphatic heterocycles. The van der Waals surface area contributed by atoms with Gasteiger partial charge >= 0.3 is 0 Å². The van der Waals surface area contributed by atoms with Gasteiger partial charge in [-0.25, -0.2) is 4.98 Å². The molecule has 0 radical (unpaired) electrons. The van der Waals surface area contributed by atoms with Gasteiger partial charge in [-0.05, 0) is 29.7 Å². The lowest BCUT2D eigenvalue weighted by Gasteiger charge is -2.22. The number of aliphatic hydroxyl groups excluding tert-OH is 1. The van der Waals surface area contributed by atoms with E-state index in [0.717, 1.165) is 11.1 Å². The molecule has 0 aliphatic rings. The Morgan fingerprint density at radius 3 is 2.55 bits per heavy atom. The maximum absolute atomic E-state index is 11.4. The predicted molar refractivity (Wildman–Crippen MR) is 127 cm³/mol. The second kappa shape index (κ2) is 11.1. The number of amides is 1. The number of rotatable bonds is 9. The Morgan fingerprint density at radius 2 is 1.91 bits per heavy atom. The smallest absolute Gasteiger partial charge is 0.267 e. The molecule has 9 heteroatoms. The molecule has 0 bridgehead atoms. The van der Waals surface area contributed by atoms with E-state index in [-0.39, 0.29) is 12.3 Å². The molecule has 1 aromatic carbocycles. The highest BCUT2D eigenvalue weighted by Crippen LogP contribution is 2.37. The van der Waals surface area contributed by atoms with Gasteiger partial charge in [0, 0.05) is 31.1 Å². The maximum atomic E-state index is 11.4. The lowest BCUT2D eigenvalue weighted by atomic mass is 9.96. The number of hydrogen-bond donors (Lipinski definition) is 2. The van der Waals surface area contributed by atoms with Crippen LogP contribution in [-0.2, 0) is 6.42 Å². The van der Waals surface area contributed by atoms with Gasteiger partial charge in [-0.15, -0.1) is 11.8 Å². The standard InChI is InChI=1S/C24H22N6O2S/c1-30(10-11-31)23-18(14-25)21(17-5-3-2-4-6-17)19(15-26)24(29-23)33-12-8-16-7-9-28-20(13-16)22(27)32/h2-7,9,13,31H,8,10-12H2,1H3,(H2,27,32). The number of hydrogen-bond acceptors (Lipinski definition) is 8. The van der Waals surface area contributed by atoms with E-state index in [4.69, 9.17) is 5.73 Å². The van der Waals surface area contributed by atoms with Crippen LogP contribution in [0.25, 0.3) is 11.1 Å². The van der Waals surface area contributed by atoms with E-state index in [1.54, 1.807) is 24.1 Å². The molecule has 0 aliphatic carbocycles. The summed E-state index contributed by atoms with van der Waals surface area (Å²) in [5, 5.41) is 29.8. The number of aromatic nitrogens is 2. The summed E-state index contributed by atoms with van der Waals surface area (Å²) < 4.78 is 0. The highest BCUT2D eigenvalue weighted by atomic mass is 32.2. The van der Waals surface area contributed by atoms with Gasteiger partial charge < -0.3 is 15.7 Å². The number of nitriles is 2. The summed E-state index contributed by atoms with van der Waals surface area (Å²) in [6, 6.07) is 17.2. The first kappa shape index (κ1) is 23.7. The number of nitrogens with two attached hydrogens (primary N) is 1. The average Bonchev–Trinajstić information content (AvgIpc) is 2.84. The van der Waals surface area contributed by atoms with Crippen LogP contribution in [0.3, 0.4) is 0 Å². The molecule has 3 aromatic rings. The van der Waals surface area contributed by atoms with E-state index in [1.807, 2.05) is 30.3 Å². The van der Waals surface area contributed by atoms with Gasteiger partial charge in [-0.1, -0.05) is 30.3 Å². The summed E-state index contributed by atoms with van der Waals surface area (Å²) >= 11 is 1.39. The van der Waals surface area contributed by atoms with Gasteiger partial charge in [0.1, 0.15) is 34.2 Å². The molecule has 166 valence electrons. The summed E-state index contributed by atoms with van der Waals surface area (Å²) in [4.78, 5) is 21.7. The Balaban J connectivity index is 2.02. The van der Waals surface area contributed by atoms with Gasteiger partial charge in [-0.3, -0.25) is 9.78 Å². The summed E-state index contributed by atoms with van der Waals surface area (Å²) in [5.41, 5.74) is 8.29. The lowest BCUT2D eigenvalue weighted by Crippen LogP contribution is -2.24. The molecule has 2 aromatic heterocycles. The van der Waals surface area contributed by atoms with Crippen molar-refractivity contribution in [2.24, 2.45) is 5.73 Å². The Morgan fingerprint density at radius 1 is 1.18 bits per heavy atom. The number of nitrogens with zero attached hydrogens (tertiary/aromatic N) is 5. The van der Waals surface area contributed by atoms with E-state index in [1.165, 1.54) is 18.0 Å². The van der Waals surface area contributed by atoms with Crippen LogP contribution in [0.4, 0.5) is 5.82 Å². The number of anilines is 1. The molecule has 0 fully saturated rings. The van der Waals surface area contributed by atoms with Crippen LogP contribution in [0.1, 0.15) is 27.2 Å². The van der Waals surface area contributed by atoms with E-state index in [9.17, 15) is 20.4 Å². The van der Waals surface area contributed by atoms with Gasteiger partial charge in [0.2, 0.25) is 0 Å². The minimum Gasteiger partial charge on any atom is -0.395 e. The molecule has 0 spiro atoms. The van der Waals surface area contributed by atoms with Crippen molar-refractivity contribution in [3.8, 4) is 23.3 Å². The van der Waals surface area contributed by atoms with E-state index >= 15 is 0 Å². The third kappa shape index (κ3) is 5.47. The summed E-state index contributed by atoms with van der Waals surface area (Å²) in [6.07, 6.45) is 2.14. The third-order valence-electron chi connectivity index (χ3n) is 4.93. The number of likely N-dealkylation sites (N-methyl/N-ethyl adjacent to an activating group) is 1. The number of thioether (sulfide) groups is 1. The fourth-order valence-electron chi connectivity index (χ4n) is 3.32. The Kier molecular flexibility index (Phi) is 7.98. The molecule has 0 unspecified atom stereocenters. The van der Waals surface area contributed by atoms with E-state index in [0.29, 0.717) is 46.3 Å². The predicted octanol–water partition coefficient (Wildman–Crippen LogP) is 2.75. The van der Waals surface area contributed by atoms with E-state index in [2.05, 4.69) is 22.1 Å². The molecule has 8 nitrogen and oxygen atoms in total. The summed E-state index contributed by atoms with van der Waals surface area (Å²) in [5.74, 6) is 0.397. The first-order chi connectivity index (χ1) is 16.0. The summed E-state index contributed by atoms with van der Waals surface area (Å²) in [6.45, 7) is 0.190. The molecule has 33 heavy (non-hydrogen) atoms. The van der Waals surface area contributed by atoms with Crippen molar-refractivity contribution < 1.29 is 9.90 Å². The van der Waals surface area contributed by atoms with Crippen LogP contribution in [0, 0.1) is 22.7 Å². The lowest BCUT2D eigenvalue weighted by molar-refractivity contribution is 0.0995. The van der Waals surface area contributed by atoms with Crippen LogP contribution < -0.4 is 10.6 Å². The minimum absolute atomic E-state index is 0.101. The first-order valence-corrected chi connectivity index (χ1v) is 11.1. The second-order valence-electron chi connectivity index (χ2n) is 7.11. The zero-order valence-corrected chi connectivity index (χ0v) is 18.8. The Bertz CT molecular complexity index is 1230. The molecule has 0 saturated heterocycles. The highest BCUT2D eigenvalue weighted by Gasteiger charge is 2.23. The molecule has 3 N–H and O–H groups in total. The Labute approximate surface area is 196 Å².